The summed E-state index contributed by atoms with van der Waals surface area (Å²) in [6.07, 6.45) is -8.88. The van der Waals surface area contributed by atoms with E-state index in [1.54, 1.807) is 0 Å². The van der Waals surface area contributed by atoms with E-state index in [9.17, 15) is 40.6 Å². The number of alkyl halides is 6. The summed E-state index contributed by atoms with van der Waals surface area (Å²) in [5.74, 6) is -5.08. The number of carboxylic acid groups (broad SMARTS) is 2. The van der Waals surface area contributed by atoms with E-state index in [0.717, 1.165) is 0 Å². The fraction of sp³-hybridized carbons (Fsp3) is 0.556. The minimum Gasteiger partial charge on any atom is -0.480 e. The summed E-state index contributed by atoms with van der Waals surface area (Å²) < 4.78 is 85.6. The second kappa shape index (κ2) is 9.91. The molecule has 1 aromatic rings. The molecule has 0 spiro atoms. The van der Waals surface area contributed by atoms with Gasteiger partial charge in [0, 0.05) is 23.0 Å². The number of carbonyl (C=O) groups is 2. The molecule has 0 bridgehead atoms. The molecule has 2 N–H and O–H groups in total. The van der Waals surface area contributed by atoms with E-state index in [-0.39, 0.29) is 18.5 Å². The number of carboxylic acids is 2. The molecule has 2 aliphatic heterocycles. The fourth-order valence-corrected chi connectivity index (χ4v) is 3.81. The van der Waals surface area contributed by atoms with Gasteiger partial charge < -0.3 is 10.2 Å². The van der Waals surface area contributed by atoms with Crippen molar-refractivity contribution in [3.05, 3.63) is 34.1 Å². The minimum atomic E-state index is -5.08. The summed E-state index contributed by atoms with van der Waals surface area (Å²) in [6, 6.07) is 2.84. The van der Waals surface area contributed by atoms with E-state index in [1.165, 1.54) is 23.1 Å². The molecular formula is C18H17BrF7N3O4. The molecule has 2 heterocycles. The smallest absolute Gasteiger partial charge is 0.480 e. The van der Waals surface area contributed by atoms with Crippen molar-refractivity contribution in [2.24, 2.45) is 16.1 Å². The molecule has 1 aromatic carbocycles. The Morgan fingerprint density at radius 1 is 1.18 bits per heavy atom. The summed E-state index contributed by atoms with van der Waals surface area (Å²) in [4.78, 5) is 22.2. The summed E-state index contributed by atoms with van der Waals surface area (Å²) in [7, 11) is 0. The highest BCUT2D eigenvalue weighted by atomic mass is 79.9. The Morgan fingerprint density at radius 3 is 2.18 bits per heavy atom. The lowest BCUT2D eigenvalue weighted by Gasteiger charge is -2.37. The number of hydrogen-bond donors (Lipinski definition) is 2. The predicted molar refractivity (Wildman–Crippen MR) is 101 cm³/mol. The third-order valence-corrected chi connectivity index (χ3v) is 5.51. The maximum absolute atomic E-state index is 14.3. The lowest BCUT2D eigenvalue weighted by atomic mass is 9.88. The van der Waals surface area contributed by atoms with Crippen LogP contribution in [-0.2, 0) is 9.59 Å². The number of benzene rings is 1. The van der Waals surface area contributed by atoms with Gasteiger partial charge >= 0.3 is 24.3 Å². The number of nitrogens with zero attached hydrogens (tertiary/aromatic N) is 3. The van der Waals surface area contributed by atoms with Gasteiger partial charge in [0.05, 0.1) is 0 Å². The Morgan fingerprint density at radius 2 is 1.76 bits per heavy atom. The first-order valence-electron chi connectivity index (χ1n) is 9.30. The quantitative estimate of drug-likeness (QED) is 0.491. The molecule has 0 radical (unpaired) electrons. The van der Waals surface area contributed by atoms with E-state index < -0.39 is 47.7 Å². The second-order valence-electron chi connectivity index (χ2n) is 7.43. The van der Waals surface area contributed by atoms with Gasteiger partial charge in [0.1, 0.15) is 11.9 Å². The first-order chi connectivity index (χ1) is 15.1. The van der Waals surface area contributed by atoms with Crippen LogP contribution in [0.2, 0.25) is 0 Å². The summed E-state index contributed by atoms with van der Waals surface area (Å²) in [5.41, 5.74) is -2.35. The molecule has 0 aromatic heterocycles. The number of rotatable bonds is 5. The highest BCUT2D eigenvalue weighted by Crippen LogP contribution is 2.49. The molecule has 15 heteroatoms. The van der Waals surface area contributed by atoms with Crippen LogP contribution in [-0.4, -0.2) is 58.2 Å². The number of hydrogen-bond acceptors (Lipinski definition) is 5. The van der Waals surface area contributed by atoms with Crippen LogP contribution in [0.15, 0.2) is 32.9 Å². The van der Waals surface area contributed by atoms with Gasteiger partial charge in [0.2, 0.25) is 0 Å². The van der Waals surface area contributed by atoms with Gasteiger partial charge in [-0.15, -0.1) is 10.2 Å². The lowest BCUT2D eigenvalue weighted by molar-refractivity contribution is -0.192. The zero-order valence-electron chi connectivity index (χ0n) is 16.5. The monoisotopic (exact) mass is 551 g/mol. The van der Waals surface area contributed by atoms with Gasteiger partial charge in [-0.05, 0) is 37.4 Å². The Labute approximate surface area is 190 Å². The Balaban J connectivity index is 0.000000479. The summed E-state index contributed by atoms with van der Waals surface area (Å²) in [6.45, 7) is 0.492. The SMILES string of the molecule is O=C(O)C(F)(F)F.O=C(O)C(c1ccc(Br)cc1F)N1CCCC(CC2(C(F)(F)F)N=N2)C1. The van der Waals surface area contributed by atoms with Crippen molar-refractivity contribution < 1.29 is 50.5 Å². The van der Waals surface area contributed by atoms with Crippen molar-refractivity contribution in [2.45, 2.75) is 43.3 Å². The molecular weight excluding hydrogens is 535 g/mol. The zero-order chi connectivity index (χ0) is 25.2. The van der Waals surface area contributed by atoms with Crippen LogP contribution in [0.4, 0.5) is 30.7 Å². The standard InChI is InChI=1S/C16H16BrF4N3O2.C2HF3O2/c17-10-3-4-11(12(18)6-10)13(14(25)26)24-5-1-2-9(8-24)7-15(22-23-15)16(19,20)21;3-2(4,5)1(6)7/h3-4,6,9,13H,1-2,5,7-8H2,(H,25,26);(H,6,7). The minimum absolute atomic E-state index is 0.00678. The molecule has 1 fully saturated rings. The molecule has 7 nitrogen and oxygen atoms in total. The maximum atomic E-state index is 14.3. The third kappa shape index (κ3) is 6.85. The molecule has 1 saturated heterocycles. The van der Waals surface area contributed by atoms with Crippen molar-refractivity contribution in [2.75, 3.05) is 13.1 Å². The third-order valence-electron chi connectivity index (χ3n) is 5.02. The average Bonchev–Trinajstić information content (AvgIpc) is 3.44. The van der Waals surface area contributed by atoms with Gasteiger partial charge in [0.15, 0.2) is 0 Å². The predicted octanol–water partition coefficient (Wildman–Crippen LogP) is 5.17. The Bertz CT molecular complexity index is 917. The van der Waals surface area contributed by atoms with Gasteiger partial charge in [-0.2, -0.15) is 26.3 Å². The van der Waals surface area contributed by atoms with E-state index >= 15 is 0 Å². The number of likely N-dealkylation sites (tertiary alicyclic amines) is 1. The van der Waals surface area contributed by atoms with Crippen molar-refractivity contribution in [1.82, 2.24) is 4.90 Å². The van der Waals surface area contributed by atoms with Crippen molar-refractivity contribution >= 4 is 27.9 Å². The average molecular weight is 552 g/mol. The van der Waals surface area contributed by atoms with Crippen LogP contribution < -0.4 is 0 Å². The Kier molecular flexibility index (Phi) is 8.10. The number of aliphatic carboxylic acids is 2. The van der Waals surface area contributed by atoms with Crippen LogP contribution in [0.1, 0.15) is 30.9 Å². The molecule has 184 valence electrons. The van der Waals surface area contributed by atoms with Crippen LogP contribution in [0.25, 0.3) is 0 Å². The maximum Gasteiger partial charge on any atom is 0.490 e. The fourth-order valence-electron chi connectivity index (χ4n) is 3.48. The summed E-state index contributed by atoms with van der Waals surface area (Å²) >= 11 is 3.12. The topological polar surface area (TPSA) is 103 Å². The van der Waals surface area contributed by atoms with E-state index in [2.05, 4.69) is 26.2 Å². The molecule has 3 rings (SSSR count). The van der Waals surface area contributed by atoms with Crippen molar-refractivity contribution in [1.29, 1.82) is 0 Å². The largest absolute Gasteiger partial charge is 0.490 e. The van der Waals surface area contributed by atoms with Gasteiger partial charge in [-0.3, -0.25) is 9.69 Å². The van der Waals surface area contributed by atoms with Crippen LogP contribution >= 0.6 is 15.9 Å². The molecule has 2 unspecified atom stereocenters. The number of piperidine rings is 1. The van der Waals surface area contributed by atoms with Crippen LogP contribution in [0.3, 0.4) is 0 Å². The first kappa shape index (κ1) is 27.0. The summed E-state index contributed by atoms with van der Waals surface area (Å²) in [5, 5.41) is 23.1. The van der Waals surface area contributed by atoms with Gasteiger partial charge in [0.25, 0.3) is 5.66 Å². The van der Waals surface area contributed by atoms with Gasteiger partial charge in [-0.25, -0.2) is 9.18 Å². The molecule has 0 saturated carbocycles. The van der Waals surface area contributed by atoms with Crippen molar-refractivity contribution in [3.63, 3.8) is 0 Å². The van der Waals surface area contributed by atoms with E-state index in [1.807, 2.05) is 0 Å². The highest BCUT2D eigenvalue weighted by molar-refractivity contribution is 9.10. The van der Waals surface area contributed by atoms with Crippen molar-refractivity contribution in [3.8, 4) is 0 Å². The zero-order valence-corrected chi connectivity index (χ0v) is 18.1. The van der Waals surface area contributed by atoms with Crippen LogP contribution in [0, 0.1) is 11.7 Å². The van der Waals surface area contributed by atoms with E-state index in [4.69, 9.17) is 9.90 Å². The van der Waals surface area contributed by atoms with E-state index in [0.29, 0.717) is 23.9 Å². The Hall–Kier alpha value is -2.29. The number of halogens is 8. The van der Waals surface area contributed by atoms with Gasteiger partial charge in [-0.1, -0.05) is 22.0 Å². The lowest BCUT2D eigenvalue weighted by Crippen LogP contribution is -2.44. The first-order valence-corrected chi connectivity index (χ1v) is 10.1. The normalized spacial score (nSPS) is 21.0. The van der Waals surface area contributed by atoms with Crippen LogP contribution in [0.5, 0.6) is 0 Å². The second-order valence-corrected chi connectivity index (χ2v) is 8.35. The molecule has 2 atom stereocenters. The highest BCUT2D eigenvalue weighted by Gasteiger charge is 2.64. The molecule has 33 heavy (non-hydrogen) atoms. The molecule has 0 amide bonds. The molecule has 2 aliphatic rings. The molecule has 0 aliphatic carbocycles.